The van der Waals surface area contributed by atoms with Gasteiger partial charge in [-0.05, 0) is 67.6 Å². The summed E-state index contributed by atoms with van der Waals surface area (Å²) in [7, 11) is 0. The molecule has 1 amide bonds. The molecule has 4 aromatic rings. The maximum Gasteiger partial charge on any atom is 0.262 e. The summed E-state index contributed by atoms with van der Waals surface area (Å²) in [5.74, 6) is -0.813. The summed E-state index contributed by atoms with van der Waals surface area (Å²) in [5.41, 5.74) is 1.23. The summed E-state index contributed by atoms with van der Waals surface area (Å²) in [6, 6.07) is 9.33. The van der Waals surface area contributed by atoms with Gasteiger partial charge in [-0.25, -0.2) is 9.37 Å². The fourth-order valence-electron chi connectivity index (χ4n) is 4.50. The zero-order valence-electron chi connectivity index (χ0n) is 21.4. The number of carbonyl (C=O) groups is 1. The van der Waals surface area contributed by atoms with E-state index < -0.39 is 18.7 Å². The number of pyridine rings is 1. The molecule has 1 N–H and O–H groups in total. The highest BCUT2D eigenvalue weighted by Gasteiger charge is 2.32. The summed E-state index contributed by atoms with van der Waals surface area (Å²) < 4.78 is 38.5. The molecule has 3 heterocycles. The van der Waals surface area contributed by atoms with Crippen molar-refractivity contribution in [3.63, 3.8) is 0 Å². The molecule has 5 rings (SSSR count). The first-order chi connectivity index (χ1) is 17.6. The van der Waals surface area contributed by atoms with E-state index in [2.05, 4.69) is 20.6 Å². The number of benzene rings is 2. The number of aryl methyl sites for hydroxylation is 2. The Balaban J connectivity index is 1.57. The van der Waals surface area contributed by atoms with E-state index in [9.17, 15) is 4.79 Å². The SMILES string of the molecule is [2H]C([2H])([2H])n1cc(-c2ccc(C(=O)N(c3nccc4cc(Cl)cc(C)c34)C3CCCNC3)c(F)c2)nn1. The zero-order chi connectivity index (χ0) is 26.3. The van der Waals surface area contributed by atoms with Crippen LogP contribution in [0.1, 0.15) is 32.9 Å². The monoisotopic (exact) mass is 481 g/mol. The minimum absolute atomic E-state index is 0.122. The van der Waals surface area contributed by atoms with Crippen LogP contribution in [0.5, 0.6) is 0 Å². The fraction of sp³-hybridized carbons (Fsp3) is 0.280. The number of halogens is 2. The van der Waals surface area contributed by atoms with Crippen LogP contribution in [0.2, 0.25) is 5.02 Å². The fourth-order valence-corrected chi connectivity index (χ4v) is 4.79. The third kappa shape index (κ3) is 4.15. The van der Waals surface area contributed by atoms with Crippen LogP contribution in [-0.4, -0.2) is 45.0 Å². The van der Waals surface area contributed by atoms with E-state index in [1.54, 1.807) is 11.1 Å². The Kier molecular flexibility index (Phi) is 5.09. The quantitative estimate of drug-likeness (QED) is 0.463. The molecule has 1 aliphatic rings. The number of fused-ring (bicyclic) bond motifs is 1. The van der Waals surface area contributed by atoms with Crippen molar-refractivity contribution in [2.75, 3.05) is 18.0 Å². The smallest absolute Gasteiger partial charge is 0.262 e. The Morgan fingerprint density at radius 1 is 1.32 bits per heavy atom. The van der Waals surface area contributed by atoms with Gasteiger partial charge < -0.3 is 5.32 Å². The molecule has 9 heteroatoms. The molecule has 0 radical (unpaired) electrons. The normalized spacial score (nSPS) is 17.7. The second kappa shape index (κ2) is 9.12. The Hall–Kier alpha value is -3.36. The lowest BCUT2D eigenvalue weighted by Crippen LogP contribution is -2.49. The number of hydrogen-bond donors (Lipinski definition) is 1. The van der Waals surface area contributed by atoms with Gasteiger partial charge >= 0.3 is 0 Å². The van der Waals surface area contributed by atoms with Crippen LogP contribution >= 0.6 is 11.6 Å². The van der Waals surface area contributed by atoms with Crippen molar-refractivity contribution in [1.82, 2.24) is 25.3 Å². The molecule has 7 nitrogen and oxygen atoms in total. The van der Waals surface area contributed by atoms with Gasteiger partial charge in [-0.15, -0.1) is 5.10 Å². The highest BCUT2D eigenvalue weighted by molar-refractivity contribution is 6.31. The summed E-state index contributed by atoms with van der Waals surface area (Å²) in [6.45, 7) is 0.801. The van der Waals surface area contributed by atoms with Crippen molar-refractivity contribution in [1.29, 1.82) is 0 Å². The van der Waals surface area contributed by atoms with Gasteiger partial charge in [0.1, 0.15) is 17.3 Å². The van der Waals surface area contributed by atoms with Crippen molar-refractivity contribution < 1.29 is 13.3 Å². The van der Waals surface area contributed by atoms with E-state index in [1.165, 1.54) is 24.4 Å². The Morgan fingerprint density at radius 2 is 2.21 bits per heavy atom. The van der Waals surface area contributed by atoms with E-state index in [0.717, 1.165) is 40.4 Å². The Bertz CT molecular complexity index is 1490. The van der Waals surface area contributed by atoms with Crippen LogP contribution in [0.15, 0.2) is 48.8 Å². The third-order valence-corrected chi connectivity index (χ3v) is 6.30. The van der Waals surface area contributed by atoms with Crippen molar-refractivity contribution in [3.05, 3.63) is 70.8 Å². The number of nitrogens with zero attached hydrogens (tertiary/aromatic N) is 5. The van der Waals surface area contributed by atoms with Gasteiger partial charge in [0.25, 0.3) is 5.91 Å². The largest absolute Gasteiger partial charge is 0.315 e. The Labute approximate surface area is 205 Å². The topological polar surface area (TPSA) is 75.9 Å². The van der Waals surface area contributed by atoms with Gasteiger partial charge in [0.2, 0.25) is 0 Å². The number of rotatable bonds is 4. The number of piperidine rings is 1. The average Bonchev–Trinajstić information content (AvgIpc) is 3.36. The van der Waals surface area contributed by atoms with E-state index in [0.29, 0.717) is 22.9 Å². The van der Waals surface area contributed by atoms with E-state index >= 15 is 4.39 Å². The second-order valence-corrected chi connectivity index (χ2v) is 8.81. The molecule has 1 unspecified atom stereocenters. The summed E-state index contributed by atoms with van der Waals surface area (Å²) in [6.07, 6.45) is 4.45. The minimum atomic E-state index is -2.50. The summed E-state index contributed by atoms with van der Waals surface area (Å²) >= 11 is 6.27. The van der Waals surface area contributed by atoms with Crippen molar-refractivity contribution in [3.8, 4) is 11.3 Å². The van der Waals surface area contributed by atoms with Crippen molar-refractivity contribution in [2.24, 2.45) is 6.98 Å². The maximum absolute atomic E-state index is 15.4. The molecule has 2 aromatic carbocycles. The highest BCUT2D eigenvalue weighted by atomic mass is 35.5. The molecule has 1 aliphatic heterocycles. The minimum Gasteiger partial charge on any atom is -0.315 e. The van der Waals surface area contributed by atoms with E-state index in [4.69, 9.17) is 15.7 Å². The number of hydrogen-bond acceptors (Lipinski definition) is 5. The van der Waals surface area contributed by atoms with Gasteiger partial charge in [0.15, 0.2) is 0 Å². The molecule has 34 heavy (non-hydrogen) atoms. The molecule has 1 saturated heterocycles. The first-order valence-electron chi connectivity index (χ1n) is 12.5. The van der Waals surface area contributed by atoms with Gasteiger partial charge in [-0.1, -0.05) is 22.9 Å². The van der Waals surface area contributed by atoms with Gasteiger partial charge in [0, 0.05) is 39.8 Å². The lowest BCUT2D eigenvalue weighted by molar-refractivity contribution is 0.0968. The van der Waals surface area contributed by atoms with Crippen molar-refractivity contribution >= 4 is 34.1 Å². The summed E-state index contributed by atoms with van der Waals surface area (Å²) in [4.78, 5) is 20.1. The molecule has 0 bridgehead atoms. The van der Waals surface area contributed by atoms with Crippen molar-refractivity contribution in [2.45, 2.75) is 25.8 Å². The molecule has 0 aliphatic carbocycles. The number of aromatic nitrogens is 4. The van der Waals surface area contributed by atoms with Crippen LogP contribution in [0.4, 0.5) is 10.2 Å². The number of amides is 1. The first-order valence-corrected chi connectivity index (χ1v) is 11.3. The molecule has 0 saturated carbocycles. The van der Waals surface area contributed by atoms with Crippen LogP contribution < -0.4 is 10.2 Å². The molecule has 1 fully saturated rings. The lowest BCUT2D eigenvalue weighted by atomic mass is 10.0. The predicted octanol–water partition coefficient (Wildman–Crippen LogP) is 4.53. The molecule has 174 valence electrons. The number of carbonyl (C=O) groups excluding carboxylic acids is 1. The molecular formula is C25H24ClFN6O. The van der Waals surface area contributed by atoms with E-state index in [1.807, 2.05) is 25.1 Å². The average molecular weight is 482 g/mol. The van der Waals surface area contributed by atoms with Gasteiger partial charge in [-0.3, -0.25) is 14.4 Å². The van der Waals surface area contributed by atoms with Crippen LogP contribution in [0.3, 0.4) is 0 Å². The van der Waals surface area contributed by atoms with Crippen LogP contribution in [-0.2, 0) is 6.98 Å². The standard InChI is InChI=1S/C25H24ClFN6O/c1-15-10-18(26)11-17-7-9-29-24(23(15)17)33(19-4-3-8-28-13-19)25(34)20-6-5-16(12-21(20)27)22-14-32(2)31-30-22/h5-7,9-12,14,19,28H,3-4,8,13H2,1-2H3/i2D3. The Morgan fingerprint density at radius 3 is 2.94 bits per heavy atom. The van der Waals surface area contributed by atoms with Crippen LogP contribution in [0, 0.1) is 12.7 Å². The zero-order valence-corrected chi connectivity index (χ0v) is 19.2. The van der Waals surface area contributed by atoms with Gasteiger partial charge in [-0.2, -0.15) is 0 Å². The number of anilines is 1. The third-order valence-electron chi connectivity index (χ3n) is 6.08. The predicted molar refractivity (Wildman–Crippen MR) is 131 cm³/mol. The first kappa shape index (κ1) is 19.0. The molecule has 0 spiro atoms. The molecular weight excluding hydrogens is 455 g/mol. The lowest BCUT2D eigenvalue weighted by Gasteiger charge is -2.35. The van der Waals surface area contributed by atoms with Crippen LogP contribution in [0.25, 0.3) is 22.0 Å². The second-order valence-electron chi connectivity index (χ2n) is 8.37. The molecule has 1 atom stereocenters. The maximum atomic E-state index is 15.4. The molecule has 2 aromatic heterocycles. The van der Waals surface area contributed by atoms with E-state index in [-0.39, 0.29) is 17.3 Å². The van der Waals surface area contributed by atoms with Gasteiger partial charge in [0.05, 0.1) is 17.8 Å². The number of nitrogens with one attached hydrogen (secondary N) is 1. The summed E-state index contributed by atoms with van der Waals surface area (Å²) in [5, 5.41) is 13.0. The highest BCUT2D eigenvalue weighted by Crippen LogP contribution is 2.34.